The van der Waals surface area contributed by atoms with E-state index < -0.39 is 22.0 Å². The minimum atomic E-state index is -3.60. The highest BCUT2D eigenvalue weighted by atomic mass is 32.2. The molecule has 2 amide bonds. The summed E-state index contributed by atoms with van der Waals surface area (Å²) >= 11 is 0. The molecule has 0 radical (unpaired) electrons. The Labute approximate surface area is 163 Å². The molecule has 2 aromatic carbocycles. The number of nitrogens with one attached hydrogen (secondary N) is 1. The number of benzene rings is 2. The van der Waals surface area contributed by atoms with Crippen LogP contribution in [0.25, 0.3) is 0 Å². The Kier molecular flexibility index (Phi) is 5.39. The van der Waals surface area contributed by atoms with Crippen molar-refractivity contribution in [2.75, 3.05) is 31.4 Å². The van der Waals surface area contributed by atoms with Gasteiger partial charge in [-0.25, -0.2) is 17.6 Å². The Morgan fingerprint density at radius 1 is 1.11 bits per heavy atom. The number of ether oxygens (including phenoxy) is 1. The smallest absolute Gasteiger partial charge is 0.256 e. The predicted octanol–water partition coefficient (Wildman–Crippen LogP) is 1.69. The summed E-state index contributed by atoms with van der Waals surface area (Å²) in [6, 6.07) is 12.0. The SMILES string of the molecule is COc1ccc(N2C(=O)C[C@@H](Nc3cccc(S(=O)(=O)N(C)C)c3)C2=O)cc1. The Bertz CT molecular complexity index is 1000. The van der Waals surface area contributed by atoms with E-state index in [9.17, 15) is 18.0 Å². The largest absolute Gasteiger partial charge is 0.497 e. The minimum Gasteiger partial charge on any atom is -0.497 e. The lowest BCUT2D eigenvalue weighted by atomic mass is 10.2. The number of rotatable bonds is 6. The number of amides is 2. The fourth-order valence-electron chi connectivity index (χ4n) is 2.91. The van der Waals surface area contributed by atoms with Crippen LogP contribution in [0.1, 0.15) is 6.42 Å². The molecule has 2 aromatic rings. The first kappa shape index (κ1) is 19.8. The molecule has 1 heterocycles. The monoisotopic (exact) mass is 403 g/mol. The van der Waals surface area contributed by atoms with Crippen LogP contribution in [0.3, 0.4) is 0 Å². The lowest BCUT2D eigenvalue weighted by Crippen LogP contribution is -2.34. The third-order valence-corrected chi connectivity index (χ3v) is 6.24. The molecule has 1 aliphatic rings. The minimum absolute atomic E-state index is 0.0183. The summed E-state index contributed by atoms with van der Waals surface area (Å²) in [4.78, 5) is 26.4. The number of carbonyl (C=O) groups is 2. The lowest BCUT2D eigenvalue weighted by molar-refractivity contribution is -0.121. The summed E-state index contributed by atoms with van der Waals surface area (Å²) in [6.07, 6.45) is -0.0183. The number of sulfonamides is 1. The summed E-state index contributed by atoms with van der Waals surface area (Å²) in [6.45, 7) is 0. The van der Waals surface area contributed by atoms with Gasteiger partial charge in [0.1, 0.15) is 11.8 Å². The van der Waals surface area contributed by atoms with Crippen LogP contribution in [0.4, 0.5) is 11.4 Å². The van der Waals surface area contributed by atoms with E-state index in [4.69, 9.17) is 4.74 Å². The summed E-state index contributed by atoms with van der Waals surface area (Å²) in [5.41, 5.74) is 0.912. The van der Waals surface area contributed by atoms with Gasteiger partial charge < -0.3 is 10.1 Å². The van der Waals surface area contributed by atoms with Gasteiger partial charge in [-0.3, -0.25) is 9.59 Å². The van der Waals surface area contributed by atoms with Gasteiger partial charge in [-0.05, 0) is 42.5 Å². The molecule has 0 aromatic heterocycles. The topological polar surface area (TPSA) is 96.0 Å². The number of anilines is 2. The predicted molar refractivity (Wildman–Crippen MR) is 105 cm³/mol. The van der Waals surface area contributed by atoms with Crippen molar-refractivity contribution >= 4 is 33.2 Å². The third-order valence-electron chi connectivity index (χ3n) is 4.43. The molecule has 1 aliphatic heterocycles. The average Bonchev–Trinajstić information content (AvgIpc) is 2.95. The molecular formula is C19H21N3O5S. The highest BCUT2D eigenvalue weighted by Crippen LogP contribution is 2.27. The molecule has 0 unspecified atom stereocenters. The standard InChI is InChI=1S/C19H21N3O5S/c1-21(2)28(25,26)16-6-4-5-13(11-16)20-17-12-18(23)22(19(17)24)14-7-9-15(27-3)10-8-14/h4-11,17,20H,12H2,1-3H3/t17-/m1/s1. The summed E-state index contributed by atoms with van der Waals surface area (Å²) < 4.78 is 30.8. The Balaban J connectivity index is 1.81. The highest BCUT2D eigenvalue weighted by molar-refractivity contribution is 7.89. The fraction of sp³-hybridized carbons (Fsp3) is 0.263. The normalized spacial score (nSPS) is 17.3. The van der Waals surface area contributed by atoms with E-state index in [2.05, 4.69) is 5.32 Å². The molecule has 0 bridgehead atoms. The number of hydrogen-bond acceptors (Lipinski definition) is 6. The molecule has 1 saturated heterocycles. The van der Waals surface area contributed by atoms with Crippen LogP contribution in [0.2, 0.25) is 0 Å². The molecule has 1 fully saturated rings. The molecule has 0 aliphatic carbocycles. The molecule has 8 nitrogen and oxygen atoms in total. The molecule has 1 N–H and O–H groups in total. The van der Waals surface area contributed by atoms with E-state index in [1.54, 1.807) is 36.4 Å². The molecule has 3 rings (SSSR count). The van der Waals surface area contributed by atoms with Crippen molar-refractivity contribution in [2.24, 2.45) is 0 Å². The van der Waals surface area contributed by atoms with Crippen LogP contribution in [0, 0.1) is 0 Å². The maximum atomic E-state index is 12.8. The first-order chi connectivity index (χ1) is 13.2. The summed E-state index contributed by atoms with van der Waals surface area (Å²) in [7, 11) is 0.826. The zero-order valence-corrected chi connectivity index (χ0v) is 16.6. The van der Waals surface area contributed by atoms with Crippen molar-refractivity contribution in [3.05, 3.63) is 48.5 Å². The fourth-order valence-corrected chi connectivity index (χ4v) is 3.85. The van der Waals surface area contributed by atoms with Gasteiger partial charge in [-0.2, -0.15) is 0 Å². The van der Waals surface area contributed by atoms with E-state index in [0.717, 1.165) is 9.21 Å². The number of carbonyl (C=O) groups excluding carboxylic acids is 2. The molecule has 0 saturated carbocycles. The van der Waals surface area contributed by atoms with Gasteiger partial charge in [-0.15, -0.1) is 0 Å². The van der Waals surface area contributed by atoms with Crippen LogP contribution < -0.4 is 15.0 Å². The quantitative estimate of drug-likeness (QED) is 0.738. The van der Waals surface area contributed by atoms with Crippen molar-refractivity contribution < 1.29 is 22.7 Å². The van der Waals surface area contributed by atoms with Crippen molar-refractivity contribution in [1.29, 1.82) is 0 Å². The zero-order chi connectivity index (χ0) is 20.5. The van der Waals surface area contributed by atoms with Crippen molar-refractivity contribution in [3.63, 3.8) is 0 Å². The van der Waals surface area contributed by atoms with Crippen molar-refractivity contribution in [1.82, 2.24) is 4.31 Å². The molecular weight excluding hydrogens is 382 g/mol. The van der Waals surface area contributed by atoms with Gasteiger partial charge in [0.2, 0.25) is 15.9 Å². The Morgan fingerprint density at radius 3 is 2.39 bits per heavy atom. The van der Waals surface area contributed by atoms with Gasteiger partial charge in [0.15, 0.2) is 0 Å². The second-order valence-corrected chi connectivity index (χ2v) is 8.63. The van der Waals surface area contributed by atoms with Crippen LogP contribution >= 0.6 is 0 Å². The van der Waals surface area contributed by atoms with E-state index in [1.165, 1.54) is 33.3 Å². The molecule has 1 atom stereocenters. The van der Waals surface area contributed by atoms with E-state index >= 15 is 0 Å². The number of methoxy groups -OCH3 is 1. The second kappa shape index (κ2) is 7.61. The van der Waals surface area contributed by atoms with Crippen molar-refractivity contribution in [2.45, 2.75) is 17.4 Å². The van der Waals surface area contributed by atoms with E-state index in [1.807, 2.05) is 0 Å². The lowest BCUT2D eigenvalue weighted by Gasteiger charge is -2.17. The maximum Gasteiger partial charge on any atom is 0.256 e. The first-order valence-electron chi connectivity index (χ1n) is 8.54. The molecule has 9 heteroatoms. The van der Waals surface area contributed by atoms with Gasteiger partial charge in [-0.1, -0.05) is 6.07 Å². The number of nitrogens with zero attached hydrogens (tertiary/aromatic N) is 2. The van der Waals surface area contributed by atoms with Crippen LogP contribution in [-0.2, 0) is 19.6 Å². The van der Waals surface area contributed by atoms with Gasteiger partial charge in [0.05, 0.1) is 24.1 Å². The summed E-state index contributed by atoms with van der Waals surface area (Å²) in [5.74, 6) is -0.0998. The van der Waals surface area contributed by atoms with Crippen LogP contribution in [0.15, 0.2) is 53.4 Å². The first-order valence-corrected chi connectivity index (χ1v) is 9.98. The number of imide groups is 1. The van der Waals surface area contributed by atoms with E-state index in [-0.39, 0.29) is 17.2 Å². The maximum absolute atomic E-state index is 12.8. The van der Waals surface area contributed by atoms with E-state index in [0.29, 0.717) is 17.1 Å². The molecule has 0 spiro atoms. The van der Waals surface area contributed by atoms with Gasteiger partial charge in [0.25, 0.3) is 5.91 Å². The number of hydrogen-bond donors (Lipinski definition) is 1. The van der Waals surface area contributed by atoms with Crippen LogP contribution in [-0.4, -0.2) is 51.8 Å². The van der Waals surface area contributed by atoms with Crippen molar-refractivity contribution in [3.8, 4) is 5.75 Å². The van der Waals surface area contributed by atoms with Crippen LogP contribution in [0.5, 0.6) is 5.75 Å². The zero-order valence-electron chi connectivity index (χ0n) is 15.7. The average molecular weight is 403 g/mol. The van der Waals surface area contributed by atoms with Gasteiger partial charge in [0, 0.05) is 19.8 Å². The van der Waals surface area contributed by atoms with Gasteiger partial charge >= 0.3 is 0 Å². The second-order valence-electron chi connectivity index (χ2n) is 6.48. The Morgan fingerprint density at radius 2 is 1.79 bits per heavy atom. The third kappa shape index (κ3) is 3.71. The summed E-state index contributed by atoms with van der Waals surface area (Å²) in [5, 5.41) is 2.98. The molecule has 148 valence electrons. The molecule has 28 heavy (non-hydrogen) atoms. The Hall–Kier alpha value is -2.91. The highest BCUT2D eigenvalue weighted by Gasteiger charge is 2.39.